The van der Waals surface area contributed by atoms with Crippen LogP contribution >= 0.6 is 15.9 Å². The lowest BCUT2D eigenvalue weighted by Crippen LogP contribution is -2.32. The van der Waals surface area contributed by atoms with Crippen LogP contribution in [-0.2, 0) is 16.4 Å². The minimum Gasteiger partial charge on any atom is -0.460 e. The van der Waals surface area contributed by atoms with Crippen LogP contribution in [0, 0.1) is 11.6 Å². The van der Waals surface area contributed by atoms with Gasteiger partial charge in [-0.05, 0) is 78.3 Å². The van der Waals surface area contributed by atoms with E-state index in [1.807, 2.05) is 0 Å². The molecule has 1 fully saturated rings. The fourth-order valence-corrected chi connectivity index (χ4v) is 6.41. The van der Waals surface area contributed by atoms with Gasteiger partial charge in [-0.1, -0.05) is 28.1 Å². The third-order valence-electron chi connectivity index (χ3n) is 7.04. The molecule has 1 unspecified atom stereocenters. The number of carbonyl (C=O) groups is 1. The summed E-state index contributed by atoms with van der Waals surface area (Å²) in [5.74, 6) is -1.21. The van der Waals surface area contributed by atoms with Gasteiger partial charge in [-0.25, -0.2) is 17.2 Å². The minimum atomic E-state index is -3.82. The number of anilines is 1. The Morgan fingerprint density at radius 2 is 1.80 bits per heavy atom. The number of hydrogen-bond donors (Lipinski definition) is 2. The average molecular weight is 634 g/mol. The topological polar surface area (TPSA) is 114 Å². The van der Waals surface area contributed by atoms with Crippen LogP contribution in [-0.4, -0.2) is 32.2 Å². The van der Waals surface area contributed by atoms with Crippen LogP contribution in [0.25, 0.3) is 11.0 Å². The number of aliphatic hydroxyl groups excluding tert-OH is 1. The van der Waals surface area contributed by atoms with Crippen LogP contribution in [0.15, 0.2) is 63.5 Å². The van der Waals surface area contributed by atoms with Crippen molar-refractivity contribution in [3.05, 3.63) is 98.7 Å². The molecule has 1 aliphatic carbocycles. The zero-order valence-electron chi connectivity index (χ0n) is 21.5. The maximum absolute atomic E-state index is 13.8. The summed E-state index contributed by atoms with van der Waals surface area (Å²) < 4.78 is 61.0. The first-order valence-electron chi connectivity index (χ1n) is 12.7. The number of rotatable bonds is 10. The molecule has 5 rings (SSSR count). The molecular weight excluding hydrogens is 606 g/mol. The highest BCUT2D eigenvalue weighted by atomic mass is 79.9. The smallest absolute Gasteiger partial charge is 0.252 e. The van der Waals surface area contributed by atoms with Gasteiger partial charge in [-0.15, -0.1) is 0 Å². The molecule has 11 heteroatoms. The van der Waals surface area contributed by atoms with Gasteiger partial charge >= 0.3 is 0 Å². The number of carbonyl (C=O) groups excluding carboxylic acids is 1. The van der Waals surface area contributed by atoms with Crippen molar-refractivity contribution in [2.24, 2.45) is 5.73 Å². The first-order chi connectivity index (χ1) is 18.9. The molecule has 1 saturated carbocycles. The zero-order chi connectivity index (χ0) is 28.8. The number of nitrogens with zero attached hydrogens (tertiary/aromatic N) is 1. The number of hydrogen-bond acceptors (Lipinski definition) is 5. The van der Waals surface area contributed by atoms with E-state index in [4.69, 9.17) is 10.2 Å². The first kappa shape index (κ1) is 28.3. The van der Waals surface area contributed by atoms with Gasteiger partial charge in [0.05, 0.1) is 23.6 Å². The largest absolute Gasteiger partial charge is 0.460 e. The number of benzene rings is 3. The van der Waals surface area contributed by atoms with Crippen molar-refractivity contribution in [3.8, 4) is 0 Å². The van der Waals surface area contributed by atoms with E-state index in [1.54, 1.807) is 24.3 Å². The van der Waals surface area contributed by atoms with Crippen LogP contribution in [0.5, 0.6) is 0 Å². The van der Waals surface area contributed by atoms with Crippen molar-refractivity contribution in [2.45, 2.75) is 37.7 Å². The van der Waals surface area contributed by atoms with Crippen molar-refractivity contribution in [2.75, 3.05) is 17.1 Å². The van der Waals surface area contributed by atoms with Crippen LogP contribution in [0.3, 0.4) is 0 Å². The summed E-state index contributed by atoms with van der Waals surface area (Å²) >= 11 is 3.31. The molecule has 4 aromatic rings. The van der Waals surface area contributed by atoms with Gasteiger partial charge in [0, 0.05) is 28.9 Å². The molecule has 1 amide bonds. The Labute approximate surface area is 238 Å². The third-order valence-corrected chi connectivity index (χ3v) is 8.95. The van der Waals surface area contributed by atoms with E-state index in [2.05, 4.69) is 15.9 Å². The SMILES string of the molecule is CS(=O)(=O)N(CCC(O)c1cc(F)ccc1Br)c1cc2oc(Cc3ccc(F)cc3)c(C(N)=O)c2cc1C1CC1. The minimum absolute atomic E-state index is 0.00221. The van der Waals surface area contributed by atoms with E-state index in [1.165, 1.54) is 34.6 Å². The Hall–Kier alpha value is -3.28. The molecule has 1 heterocycles. The van der Waals surface area contributed by atoms with Gasteiger partial charge in [0.2, 0.25) is 10.0 Å². The highest BCUT2D eigenvalue weighted by Gasteiger charge is 2.33. The van der Waals surface area contributed by atoms with Gasteiger partial charge < -0.3 is 15.3 Å². The summed E-state index contributed by atoms with van der Waals surface area (Å²) in [4.78, 5) is 12.5. The molecule has 0 saturated heterocycles. The number of fused-ring (bicyclic) bond motifs is 1. The first-order valence-corrected chi connectivity index (χ1v) is 15.3. The van der Waals surface area contributed by atoms with Crippen LogP contribution in [0.2, 0.25) is 0 Å². The lowest BCUT2D eigenvalue weighted by atomic mass is 10.0. The van der Waals surface area contributed by atoms with E-state index in [-0.39, 0.29) is 36.5 Å². The second-order valence-corrected chi connectivity index (χ2v) is 12.8. The van der Waals surface area contributed by atoms with E-state index in [0.717, 1.165) is 24.7 Å². The highest BCUT2D eigenvalue weighted by molar-refractivity contribution is 9.10. The molecule has 0 bridgehead atoms. The molecule has 3 N–H and O–H groups in total. The normalized spacial score (nSPS) is 14.4. The molecule has 40 heavy (non-hydrogen) atoms. The average Bonchev–Trinajstić information content (AvgIpc) is 3.66. The lowest BCUT2D eigenvalue weighted by Gasteiger charge is -2.26. The molecule has 210 valence electrons. The van der Waals surface area contributed by atoms with E-state index in [0.29, 0.717) is 32.4 Å². The van der Waals surface area contributed by atoms with Gasteiger partial charge in [-0.3, -0.25) is 9.10 Å². The fourth-order valence-electron chi connectivity index (χ4n) is 4.95. The van der Waals surface area contributed by atoms with Crippen molar-refractivity contribution in [1.29, 1.82) is 0 Å². The zero-order valence-corrected chi connectivity index (χ0v) is 23.9. The van der Waals surface area contributed by atoms with Gasteiger partial charge in [0.15, 0.2) is 0 Å². The molecule has 1 aliphatic rings. The van der Waals surface area contributed by atoms with E-state index in [9.17, 15) is 27.1 Å². The van der Waals surface area contributed by atoms with Gasteiger partial charge in [-0.2, -0.15) is 0 Å². The van der Waals surface area contributed by atoms with Crippen LogP contribution in [0.4, 0.5) is 14.5 Å². The van der Waals surface area contributed by atoms with Gasteiger partial charge in [0.1, 0.15) is 23.0 Å². The van der Waals surface area contributed by atoms with Crippen LogP contribution in [0.1, 0.15) is 64.1 Å². The fraction of sp³-hybridized carbons (Fsp3) is 0.276. The Balaban J connectivity index is 1.55. The summed E-state index contributed by atoms with van der Waals surface area (Å²) in [6.07, 6.45) is 1.83. The highest BCUT2D eigenvalue weighted by Crippen LogP contribution is 2.47. The summed E-state index contributed by atoms with van der Waals surface area (Å²) in [7, 11) is -3.82. The summed E-state index contributed by atoms with van der Waals surface area (Å²) in [6, 6.07) is 13.1. The molecule has 0 spiro atoms. The quantitative estimate of drug-likeness (QED) is 0.225. The standard InChI is InChI=1S/C29H27BrF2N2O5S/c1-40(37,38)34(11-10-25(35)21-13-19(32)8-9-23(21)30)24-15-26-22(14-20(24)17-4-5-17)28(29(33)36)27(39-26)12-16-2-6-18(31)7-3-16/h2-3,6-9,13-15,17,25,35H,4-5,10-12H2,1H3,(H2,33,36). The number of furan rings is 1. The second-order valence-electron chi connectivity index (χ2n) is 10.1. The molecule has 0 radical (unpaired) electrons. The molecule has 1 atom stereocenters. The summed E-state index contributed by atoms with van der Waals surface area (Å²) in [6.45, 7) is -0.0833. The number of aliphatic hydroxyl groups is 1. The molecule has 3 aromatic carbocycles. The maximum atomic E-state index is 13.8. The number of sulfonamides is 1. The Morgan fingerprint density at radius 3 is 2.42 bits per heavy atom. The molecule has 0 aliphatic heterocycles. The molecule has 7 nitrogen and oxygen atoms in total. The summed E-state index contributed by atoms with van der Waals surface area (Å²) in [5, 5.41) is 11.3. The number of nitrogens with two attached hydrogens (primary N) is 1. The summed E-state index contributed by atoms with van der Waals surface area (Å²) in [5.41, 5.74) is 8.38. The Morgan fingerprint density at radius 1 is 1.12 bits per heavy atom. The van der Waals surface area contributed by atoms with Crippen LogP contribution < -0.4 is 10.0 Å². The number of amides is 1. The molecule has 1 aromatic heterocycles. The second kappa shape index (κ2) is 10.9. The van der Waals surface area contributed by atoms with Crippen molar-refractivity contribution < 1.29 is 31.5 Å². The van der Waals surface area contributed by atoms with E-state index >= 15 is 0 Å². The van der Waals surface area contributed by atoms with Crippen molar-refractivity contribution in [1.82, 2.24) is 0 Å². The Kier molecular flexibility index (Phi) is 7.73. The third kappa shape index (κ3) is 5.91. The molecular formula is C29H27BrF2N2O5S. The lowest BCUT2D eigenvalue weighted by molar-refractivity contribution is 0.1000. The number of primary amides is 1. The van der Waals surface area contributed by atoms with E-state index < -0.39 is 33.7 Å². The number of halogens is 3. The van der Waals surface area contributed by atoms with Crippen molar-refractivity contribution >= 4 is 48.5 Å². The predicted molar refractivity (Wildman–Crippen MR) is 152 cm³/mol. The Bertz CT molecular complexity index is 1700. The van der Waals surface area contributed by atoms with Crippen molar-refractivity contribution in [3.63, 3.8) is 0 Å². The monoisotopic (exact) mass is 632 g/mol. The maximum Gasteiger partial charge on any atom is 0.252 e. The predicted octanol–water partition coefficient (Wildman–Crippen LogP) is 5.93. The van der Waals surface area contributed by atoms with Gasteiger partial charge in [0.25, 0.3) is 5.91 Å².